The quantitative estimate of drug-likeness (QED) is 0.611. The van der Waals surface area contributed by atoms with Crippen molar-refractivity contribution in [3.05, 3.63) is 59.7 Å². The Morgan fingerprint density at radius 3 is 2.21 bits per heavy atom. The number of benzene rings is 2. The summed E-state index contributed by atoms with van der Waals surface area (Å²) in [6.45, 7) is 3.89. The average molecular weight is 256 g/mol. The van der Waals surface area contributed by atoms with Crippen LogP contribution in [0.2, 0.25) is 0 Å². The smallest absolute Gasteiger partial charge is 0.394 e. The maximum atomic E-state index is 11.8. The highest BCUT2D eigenvalue weighted by atomic mass is 16.7. The van der Waals surface area contributed by atoms with Crippen LogP contribution in [-0.4, -0.2) is 6.16 Å². The Kier molecular flexibility index (Phi) is 4.18. The van der Waals surface area contributed by atoms with Crippen molar-refractivity contribution in [3.8, 4) is 11.5 Å². The maximum absolute atomic E-state index is 11.8. The number of carbonyl (C=O) groups excluding carboxylic acids is 1. The summed E-state index contributed by atoms with van der Waals surface area (Å²) in [7, 11) is 0. The van der Waals surface area contributed by atoms with Crippen LogP contribution in [0.1, 0.15) is 18.1 Å². The van der Waals surface area contributed by atoms with Crippen LogP contribution in [0, 0.1) is 6.92 Å². The molecule has 0 saturated carbocycles. The van der Waals surface area contributed by atoms with Crippen LogP contribution >= 0.6 is 0 Å². The number of aryl methyl sites for hydroxylation is 2. The third-order valence-electron chi connectivity index (χ3n) is 2.83. The lowest BCUT2D eigenvalue weighted by molar-refractivity contribution is 0.151. The van der Waals surface area contributed by atoms with Crippen molar-refractivity contribution in [1.82, 2.24) is 0 Å². The van der Waals surface area contributed by atoms with Gasteiger partial charge in [-0.25, -0.2) is 4.79 Å². The lowest BCUT2D eigenvalue weighted by Gasteiger charge is -2.09. The fraction of sp³-hybridized carbons (Fsp3) is 0.188. The molecule has 19 heavy (non-hydrogen) atoms. The third-order valence-corrected chi connectivity index (χ3v) is 2.83. The van der Waals surface area contributed by atoms with Gasteiger partial charge in [-0.3, -0.25) is 0 Å². The van der Waals surface area contributed by atoms with Crippen molar-refractivity contribution < 1.29 is 14.3 Å². The highest BCUT2D eigenvalue weighted by Gasteiger charge is 2.11. The van der Waals surface area contributed by atoms with Gasteiger partial charge in [0, 0.05) is 0 Å². The topological polar surface area (TPSA) is 35.5 Å². The van der Waals surface area contributed by atoms with Crippen LogP contribution < -0.4 is 9.47 Å². The van der Waals surface area contributed by atoms with Gasteiger partial charge in [0.05, 0.1) is 0 Å². The van der Waals surface area contributed by atoms with Gasteiger partial charge in [-0.05, 0) is 36.6 Å². The number of carbonyl (C=O) groups is 1. The molecule has 2 rings (SSSR count). The Hall–Kier alpha value is -2.29. The maximum Gasteiger partial charge on any atom is 0.519 e. The molecule has 0 unspecified atom stereocenters. The summed E-state index contributed by atoms with van der Waals surface area (Å²) in [6.07, 6.45) is 0.0866. The Labute approximate surface area is 112 Å². The summed E-state index contributed by atoms with van der Waals surface area (Å²) in [5.41, 5.74) is 1.87. The number of ether oxygens (including phenoxy) is 2. The van der Waals surface area contributed by atoms with Crippen LogP contribution in [0.4, 0.5) is 4.79 Å². The van der Waals surface area contributed by atoms with Crippen molar-refractivity contribution in [1.29, 1.82) is 0 Å². The molecule has 0 fully saturated rings. The first-order chi connectivity index (χ1) is 9.20. The molecule has 0 aliphatic heterocycles. The van der Waals surface area contributed by atoms with Crippen LogP contribution in [0.3, 0.4) is 0 Å². The van der Waals surface area contributed by atoms with Gasteiger partial charge < -0.3 is 9.47 Å². The van der Waals surface area contributed by atoms with Gasteiger partial charge in [0.1, 0.15) is 11.5 Å². The van der Waals surface area contributed by atoms with Crippen molar-refractivity contribution in [3.63, 3.8) is 0 Å². The van der Waals surface area contributed by atoms with E-state index in [4.69, 9.17) is 9.47 Å². The van der Waals surface area contributed by atoms with Crippen LogP contribution in [0.5, 0.6) is 11.5 Å². The molecule has 0 amide bonds. The first-order valence-electron chi connectivity index (χ1n) is 6.24. The van der Waals surface area contributed by atoms with Crippen LogP contribution in [-0.2, 0) is 6.42 Å². The molecule has 0 aliphatic rings. The molecule has 0 spiro atoms. The van der Waals surface area contributed by atoms with E-state index in [0.29, 0.717) is 11.5 Å². The zero-order chi connectivity index (χ0) is 13.7. The SMILES string of the molecule is CCc1ccccc1OC(=O)Oc1ccccc1C. The van der Waals surface area contributed by atoms with Crippen LogP contribution in [0.25, 0.3) is 0 Å². The third kappa shape index (κ3) is 3.35. The van der Waals surface area contributed by atoms with E-state index in [1.807, 2.05) is 50.2 Å². The molecule has 0 heterocycles. The summed E-state index contributed by atoms with van der Waals surface area (Å²) in [4.78, 5) is 11.8. The number of rotatable bonds is 3. The zero-order valence-electron chi connectivity index (χ0n) is 11.1. The number of hydrogen-bond acceptors (Lipinski definition) is 3. The van der Waals surface area contributed by atoms with Gasteiger partial charge in [0.2, 0.25) is 0 Å². The van der Waals surface area contributed by atoms with E-state index in [1.54, 1.807) is 12.1 Å². The molecule has 3 heteroatoms. The average Bonchev–Trinajstić information content (AvgIpc) is 2.42. The largest absolute Gasteiger partial charge is 0.519 e. The zero-order valence-corrected chi connectivity index (χ0v) is 11.1. The Balaban J connectivity index is 2.08. The summed E-state index contributed by atoms with van der Waals surface area (Å²) in [5.74, 6) is 1.06. The molecule has 0 N–H and O–H groups in total. The molecule has 2 aromatic carbocycles. The molecule has 0 saturated heterocycles. The molecule has 0 bridgehead atoms. The van der Waals surface area contributed by atoms with Crippen molar-refractivity contribution in [2.45, 2.75) is 20.3 Å². The molecule has 3 nitrogen and oxygen atoms in total. The second-order valence-electron chi connectivity index (χ2n) is 4.18. The molecule has 0 atom stereocenters. The summed E-state index contributed by atoms with van der Waals surface area (Å²) in [6, 6.07) is 14.8. The van der Waals surface area contributed by atoms with Crippen molar-refractivity contribution >= 4 is 6.16 Å². The van der Waals surface area contributed by atoms with Gasteiger partial charge in [0.15, 0.2) is 0 Å². The van der Waals surface area contributed by atoms with E-state index in [1.165, 1.54) is 0 Å². The van der Waals surface area contributed by atoms with Crippen molar-refractivity contribution in [2.24, 2.45) is 0 Å². The second kappa shape index (κ2) is 6.05. The van der Waals surface area contributed by atoms with Gasteiger partial charge in [-0.1, -0.05) is 43.3 Å². The fourth-order valence-electron chi connectivity index (χ4n) is 1.77. The first kappa shape index (κ1) is 13.1. The molecule has 0 radical (unpaired) electrons. The first-order valence-corrected chi connectivity index (χ1v) is 6.24. The van der Waals surface area contributed by atoms with Gasteiger partial charge >= 0.3 is 6.16 Å². The summed E-state index contributed by atoms with van der Waals surface area (Å²) < 4.78 is 10.4. The minimum atomic E-state index is -0.713. The van der Waals surface area contributed by atoms with E-state index >= 15 is 0 Å². The minimum absolute atomic E-state index is 0.515. The van der Waals surface area contributed by atoms with E-state index in [0.717, 1.165) is 17.5 Å². The molecular formula is C16H16O3. The summed E-state index contributed by atoms with van der Waals surface area (Å²) >= 11 is 0. The highest BCUT2D eigenvalue weighted by molar-refractivity contribution is 5.68. The van der Waals surface area contributed by atoms with Gasteiger partial charge in [-0.2, -0.15) is 0 Å². The summed E-state index contributed by atoms with van der Waals surface area (Å²) in [5, 5.41) is 0. The number of hydrogen-bond donors (Lipinski definition) is 0. The second-order valence-corrected chi connectivity index (χ2v) is 4.18. The van der Waals surface area contributed by atoms with E-state index in [-0.39, 0.29) is 0 Å². The molecule has 98 valence electrons. The van der Waals surface area contributed by atoms with E-state index in [9.17, 15) is 4.79 Å². The predicted octanol–water partition coefficient (Wildman–Crippen LogP) is 4.14. The predicted molar refractivity (Wildman–Crippen MR) is 73.7 cm³/mol. The van der Waals surface area contributed by atoms with Crippen molar-refractivity contribution in [2.75, 3.05) is 0 Å². The Morgan fingerprint density at radius 2 is 1.53 bits per heavy atom. The molecular weight excluding hydrogens is 240 g/mol. The molecule has 0 aliphatic carbocycles. The van der Waals surface area contributed by atoms with E-state index in [2.05, 4.69) is 0 Å². The van der Waals surface area contributed by atoms with Gasteiger partial charge in [0.25, 0.3) is 0 Å². The lowest BCUT2D eigenvalue weighted by atomic mass is 10.1. The number of para-hydroxylation sites is 2. The Morgan fingerprint density at radius 1 is 0.947 bits per heavy atom. The van der Waals surface area contributed by atoms with Crippen LogP contribution in [0.15, 0.2) is 48.5 Å². The monoisotopic (exact) mass is 256 g/mol. The lowest BCUT2D eigenvalue weighted by Crippen LogP contribution is -2.15. The Bertz CT molecular complexity index is 576. The fourth-order valence-corrected chi connectivity index (χ4v) is 1.77. The molecule has 0 aromatic heterocycles. The highest BCUT2D eigenvalue weighted by Crippen LogP contribution is 2.21. The minimum Gasteiger partial charge on any atom is -0.394 e. The standard InChI is InChI=1S/C16H16O3/c1-3-13-9-5-7-11-15(13)19-16(17)18-14-10-6-4-8-12(14)2/h4-11H,3H2,1-2H3. The molecule has 2 aromatic rings. The van der Waals surface area contributed by atoms with E-state index < -0.39 is 6.16 Å². The van der Waals surface area contributed by atoms with Gasteiger partial charge in [-0.15, -0.1) is 0 Å². The normalized spacial score (nSPS) is 10.0.